The summed E-state index contributed by atoms with van der Waals surface area (Å²) < 4.78 is 1.00. The fraction of sp³-hybridized carbons (Fsp3) is 0.562. The van der Waals surface area contributed by atoms with Gasteiger partial charge >= 0.3 is 0 Å². The van der Waals surface area contributed by atoms with Crippen LogP contribution in [0.25, 0.3) is 0 Å². The number of hydrogen-bond acceptors (Lipinski definition) is 2. The van der Waals surface area contributed by atoms with Gasteiger partial charge in [-0.25, -0.2) is 0 Å². The number of amides is 1. The molecule has 4 heteroatoms. The summed E-state index contributed by atoms with van der Waals surface area (Å²) >= 11 is 3.52. The van der Waals surface area contributed by atoms with Crippen LogP contribution in [0.5, 0.6) is 0 Å². The zero-order valence-corrected chi connectivity index (χ0v) is 14.1. The highest BCUT2D eigenvalue weighted by Crippen LogP contribution is 2.23. The van der Waals surface area contributed by atoms with E-state index in [-0.39, 0.29) is 5.91 Å². The maximum absolute atomic E-state index is 12.9. The molecular formula is C16H23BrN2O. The molecule has 0 saturated carbocycles. The van der Waals surface area contributed by atoms with Crippen LogP contribution in [-0.2, 0) is 0 Å². The van der Waals surface area contributed by atoms with Crippen LogP contribution in [0.4, 0.5) is 0 Å². The minimum Gasteiger partial charge on any atom is -0.334 e. The van der Waals surface area contributed by atoms with Gasteiger partial charge in [0.05, 0.1) is 0 Å². The highest BCUT2D eigenvalue weighted by Gasteiger charge is 2.27. The van der Waals surface area contributed by atoms with E-state index in [9.17, 15) is 4.79 Å². The fourth-order valence-electron chi connectivity index (χ4n) is 2.85. The quantitative estimate of drug-likeness (QED) is 0.825. The van der Waals surface area contributed by atoms with E-state index in [1.54, 1.807) is 0 Å². The molecule has 1 atom stereocenters. The van der Waals surface area contributed by atoms with Crippen LogP contribution in [-0.4, -0.2) is 48.4 Å². The predicted molar refractivity (Wildman–Crippen MR) is 86.1 cm³/mol. The van der Waals surface area contributed by atoms with E-state index >= 15 is 0 Å². The van der Waals surface area contributed by atoms with Crippen LogP contribution < -0.4 is 0 Å². The first-order chi connectivity index (χ1) is 9.54. The summed E-state index contributed by atoms with van der Waals surface area (Å²) in [6.07, 6.45) is 2.05. The molecule has 1 saturated heterocycles. The number of rotatable bonds is 2. The Balaban J connectivity index is 2.28. The van der Waals surface area contributed by atoms with E-state index in [1.165, 1.54) is 0 Å². The SMILES string of the molecule is CCC1CN(C)CCCN1C(=O)c1cccc(Br)c1C. The lowest BCUT2D eigenvalue weighted by atomic mass is 10.1. The number of hydrogen-bond donors (Lipinski definition) is 0. The van der Waals surface area contributed by atoms with Gasteiger partial charge in [-0.15, -0.1) is 0 Å². The number of carbonyl (C=O) groups excluding carboxylic acids is 1. The molecule has 2 rings (SSSR count). The number of carbonyl (C=O) groups is 1. The standard InChI is InChI=1S/C16H23BrN2O/c1-4-13-11-18(3)9-6-10-19(13)16(20)14-7-5-8-15(17)12(14)2/h5,7-8,13H,4,6,9-11H2,1-3H3. The van der Waals surface area contributed by atoms with Gasteiger partial charge in [0, 0.05) is 29.2 Å². The summed E-state index contributed by atoms with van der Waals surface area (Å²) in [6, 6.07) is 6.17. The Morgan fingerprint density at radius 2 is 2.15 bits per heavy atom. The van der Waals surface area contributed by atoms with Crippen molar-refractivity contribution in [1.82, 2.24) is 9.80 Å². The Kier molecular flexibility index (Phi) is 5.22. The maximum atomic E-state index is 12.9. The number of benzene rings is 1. The molecule has 0 aromatic heterocycles. The molecule has 0 aliphatic carbocycles. The molecule has 0 spiro atoms. The predicted octanol–water partition coefficient (Wildman–Crippen LogP) is 3.31. The topological polar surface area (TPSA) is 23.6 Å². The van der Waals surface area contributed by atoms with E-state index in [0.29, 0.717) is 6.04 Å². The molecule has 1 aromatic carbocycles. The van der Waals surface area contributed by atoms with Crippen molar-refractivity contribution in [3.63, 3.8) is 0 Å². The molecule has 1 aliphatic rings. The van der Waals surface area contributed by atoms with Crippen LogP contribution in [0.2, 0.25) is 0 Å². The van der Waals surface area contributed by atoms with Gasteiger partial charge in [0.2, 0.25) is 0 Å². The molecule has 110 valence electrons. The van der Waals surface area contributed by atoms with Crippen molar-refractivity contribution in [3.05, 3.63) is 33.8 Å². The maximum Gasteiger partial charge on any atom is 0.254 e. The third kappa shape index (κ3) is 3.23. The van der Waals surface area contributed by atoms with Crippen molar-refractivity contribution in [1.29, 1.82) is 0 Å². The van der Waals surface area contributed by atoms with E-state index in [2.05, 4.69) is 39.7 Å². The normalized spacial score (nSPS) is 20.8. The van der Waals surface area contributed by atoms with Gasteiger partial charge in [0.15, 0.2) is 0 Å². The average Bonchev–Trinajstić information content (AvgIpc) is 2.62. The second-order valence-corrected chi connectivity index (χ2v) is 6.44. The average molecular weight is 339 g/mol. The minimum absolute atomic E-state index is 0.172. The number of halogens is 1. The fourth-order valence-corrected chi connectivity index (χ4v) is 3.22. The smallest absolute Gasteiger partial charge is 0.254 e. The molecule has 0 radical (unpaired) electrons. The largest absolute Gasteiger partial charge is 0.334 e. The van der Waals surface area contributed by atoms with E-state index in [1.807, 2.05) is 25.1 Å². The molecule has 0 N–H and O–H groups in total. The monoisotopic (exact) mass is 338 g/mol. The molecule has 1 fully saturated rings. The van der Waals surface area contributed by atoms with Gasteiger partial charge in [-0.3, -0.25) is 4.79 Å². The summed E-state index contributed by atoms with van der Waals surface area (Å²) in [5, 5.41) is 0. The molecule has 20 heavy (non-hydrogen) atoms. The van der Waals surface area contributed by atoms with Crippen LogP contribution in [0.1, 0.15) is 35.7 Å². The van der Waals surface area contributed by atoms with Crippen molar-refractivity contribution in [2.24, 2.45) is 0 Å². The first kappa shape index (κ1) is 15.5. The van der Waals surface area contributed by atoms with Crippen molar-refractivity contribution in [3.8, 4) is 0 Å². The van der Waals surface area contributed by atoms with E-state index in [4.69, 9.17) is 0 Å². The Bertz CT molecular complexity index is 489. The highest BCUT2D eigenvalue weighted by molar-refractivity contribution is 9.10. The minimum atomic E-state index is 0.172. The van der Waals surface area contributed by atoms with Crippen molar-refractivity contribution < 1.29 is 4.79 Å². The van der Waals surface area contributed by atoms with Crippen molar-refractivity contribution in [2.75, 3.05) is 26.7 Å². The molecule has 1 heterocycles. The lowest BCUT2D eigenvalue weighted by molar-refractivity contribution is 0.0675. The van der Waals surface area contributed by atoms with Gasteiger partial charge in [-0.05, 0) is 51.1 Å². The Hall–Kier alpha value is -0.870. The van der Waals surface area contributed by atoms with Crippen LogP contribution in [0.15, 0.2) is 22.7 Å². The molecule has 1 aliphatic heterocycles. The number of likely N-dealkylation sites (N-methyl/N-ethyl adjacent to an activating group) is 1. The summed E-state index contributed by atoms with van der Waals surface area (Å²) in [5.74, 6) is 0.172. The second-order valence-electron chi connectivity index (χ2n) is 5.59. The summed E-state index contributed by atoms with van der Waals surface area (Å²) in [7, 11) is 2.14. The zero-order chi connectivity index (χ0) is 14.7. The Morgan fingerprint density at radius 1 is 1.40 bits per heavy atom. The molecule has 1 aromatic rings. The van der Waals surface area contributed by atoms with Gasteiger partial charge < -0.3 is 9.80 Å². The third-order valence-corrected chi connectivity index (χ3v) is 4.99. The first-order valence-corrected chi connectivity index (χ1v) is 8.08. The van der Waals surface area contributed by atoms with Gasteiger partial charge in [0.25, 0.3) is 5.91 Å². The molecule has 1 amide bonds. The van der Waals surface area contributed by atoms with Crippen molar-refractivity contribution >= 4 is 21.8 Å². The second kappa shape index (κ2) is 6.72. The van der Waals surface area contributed by atoms with E-state index in [0.717, 1.165) is 48.1 Å². The molecule has 1 unspecified atom stereocenters. The summed E-state index contributed by atoms with van der Waals surface area (Å²) in [6.45, 7) is 7.06. The zero-order valence-electron chi connectivity index (χ0n) is 12.5. The van der Waals surface area contributed by atoms with Gasteiger partial charge in [-0.1, -0.05) is 28.9 Å². The molecule has 3 nitrogen and oxygen atoms in total. The lowest BCUT2D eigenvalue weighted by Gasteiger charge is -2.30. The molecule has 0 bridgehead atoms. The van der Waals surface area contributed by atoms with Gasteiger partial charge in [-0.2, -0.15) is 0 Å². The van der Waals surface area contributed by atoms with Gasteiger partial charge in [0.1, 0.15) is 0 Å². The summed E-state index contributed by atoms with van der Waals surface area (Å²) in [5.41, 5.74) is 1.85. The van der Waals surface area contributed by atoms with Crippen LogP contribution >= 0.6 is 15.9 Å². The van der Waals surface area contributed by atoms with Crippen LogP contribution in [0.3, 0.4) is 0 Å². The Morgan fingerprint density at radius 3 is 2.85 bits per heavy atom. The third-order valence-electron chi connectivity index (χ3n) is 4.13. The highest BCUT2D eigenvalue weighted by atomic mass is 79.9. The van der Waals surface area contributed by atoms with E-state index < -0.39 is 0 Å². The Labute approximate surface area is 130 Å². The van der Waals surface area contributed by atoms with Crippen molar-refractivity contribution in [2.45, 2.75) is 32.7 Å². The summed E-state index contributed by atoms with van der Waals surface area (Å²) in [4.78, 5) is 17.3. The first-order valence-electron chi connectivity index (χ1n) is 7.29. The number of nitrogens with zero attached hydrogens (tertiary/aromatic N) is 2. The lowest BCUT2D eigenvalue weighted by Crippen LogP contribution is -2.43. The molecular weight excluding hydrogens is 316 g/mol. The van der Waals surface area contributed by atoms with Crippen LogP contribution in [0, 0.1) is 6.92 Å².